The van der Waals surface area contributed by atoms with Gasteiger partial charge in [0.25, 0.3) is 0 Å². The zero-order valence-electron chi connectivity index (χ0n) is 14.9. The van der Waals surface area contributed by atoms with Gasteiger partial charge in [0.05, 0.1) is 11.6 Å². The van der Waals surface area contributed by atoms with Crippen molar-refractivity contribution >= 4 is 22.4 Å². The van der Waals surface area contributed by atoms with Gasteiger partial charge in [-0.05, 0) is 31.3 Å². The van der Waals surface area contributed by atoms with Crippen molar-refractivity contribution in [2.45, 2.75) is 12.8 Å². The standard InChI is InChI=1S/C21H22FN3O/c1-3-25(2)14-18(15-7-5-4-6-8-15)21(26)24-19-10-9-16-13-23-12-11-17(16)20(19)22/h4-13,18H,3,14H2,1-2H3,(H,24,26)/t18-/m1/s1. The number of fused-ring (bicyclic) bond motifs is 1. The molecule has 134 valence electrons. The Kier molecular flexibility index (Phi) is 5.58. The van der Waals surface area contributed by atoms with E-state index < -0.39 is 5.82 Å². The van der Waals surface area contributed by atoms with Crippen molar-refractivity contribution in [3.8, 4) is 0 Å². The van der Waals surface area contributed by atoms with Crippen LogP contribution in [0.3, 0.4) is 0 Å². The molecule has 0 saturated carbocycles. The first-order valence-corrected chi connectivity index (χ1v) is 8.66. The summed E-state index contributed by atoms with van der Waals surface area (Å²) in [7, 11) is 1.97. The van der Waals surface area contributed by atoms with E-state index in [0.717, 1.165) is 12.1 Å². The van der Waals surface area contributed by atoms with E-state index in [1.165, 1.54) is 0 Å². The van der Waals surface area contributed by atoms with E-state index in [1.807, 2.05) is 44.3 Å². The zero-order chi connectivity index (χ0) is 18.5. The van der Waals surface area contributed by atoms with E-state index >= 15 is 0 Å². The molecule has 1 atom stereocenters. The van der Waals surface area contributed by atoms with Gasteiger partial charge in [-0.1, -0.05) is 43.3 Å². The second-order valence-corrected chi connectivity index (χ2v) is 6.33. The Morgan fingerprint density at radius 3 is 2.69 bits per heavy atom. The first-order valence-electron chi connectivity index (χ1n) is 8.66. The SMILES string of the molecule is CCN(C)C[C@@H](C(=O)Nc1ccc2cnccc2c1F)c1ccccc1. The Bertz CT molecular complexity index is 898. The van der Waals surface area contributed by atoms with Crippen molar-refractivity contribution in [1.82, 2.24) is 9.88 Å². The van der Waals surface area contributed by atoms with Crippen LogP contribution in [-0.4, -0.2) is 35.9 Å². The van der Waals surface area contributed by atoms with Gasteiger partial charge in [-0.25, -0.2) is 4.39 Å². The van der Waals surface area contributed by atoms with Crippen LogP contribution in [-0.2, 0) is 4.79 Å². The molecule has 0 bridgehead atoms. The third kappa shape index (κ3) is 3.89. The van der Waals surface area contributed by atoms with Crippen LogP contribution in [0.5, 0.6) is 0 Å². The summed E-state index contributed by atoms with van der Waals surface area (Å²) < 4.78 is 14.8. The molecule has 26 heavy (non-hydrogen) atoms. The Morgan fingerprint density at radius 2 is 1.96 bits per heavy atom. The number of hydrogen-bond donors (Lipinski definition) is 1. The number of carbonyl (C=O) groups is 1. The lowest BCUT2D eigenvalue weighted by molar-refractivity contribution is -0.118. The number of amides is 1. The number of likely N-dealkylation sites (N-methyl/N-ethyl adjacent to an activating group) is 1. The number of nitrogens with one attached hydrogen (secondary N) is 1. The number of nitrogens with zero attached hydrogens (tertiary/aromatic N) is 2. The average Bonchev–Trinajstić information content (AvgIpc) is 2.68. The minimum Gasteiger partial charge on any atom is -0.323 e. The minimum absolute atomic E-state index is 0.189. The molecular weight excluding hydrogens is 329 g/mol. The number of carbonyl (C=O) groups excluding carboxylic acids is 1. The molecule has 0 aliphatic heterocycles. The highest BCUT2D eigenvalue weighted by Crippen LogP contribution is 2.26. The molecule has 1 N–H and O–H groups in total. The number of anilines is 1. The van der Waals surface area contributed by atoms with Gasteiger partial charge >= 0.3 is 0 Å². The van der Waals surface area contributed by atoms with Crippen molar-refractivity contribution in [2.24, 2.45) is 0 Å². The summed E-state index contributed by atoms with van der Waals surface area (Å²) in [6, 6.07) is 14.5. The number of pyridine rings is 1. The maximum absolute atomic E-state index is 14.8. The monoisotopic (exact) mass is 351 g/mol. The number of rotatable bonds is 6. The van der Waals surface area contributed by atoms with Crippen LogP contribution in [0, 0.1) is 5.82 Å². The highest BCUT2D eigenvalue weighted by molar-refractivity contribution is 5.98. The zero-order valence-corrected chi connectivity index (χ0v) is 14.9. The average molecular weight is 351 g/mol. The van der Waals surface area contributed by atoms with Gasteiger partial charge in [0.15, 0.2) is 5.82 Å². The largest absolute Gasteiger partial charge is 0.323 e. The van der Waals surface area contributed by atoms with Crippen LogP contribution in [0.4, 0.5) is 10.1 Å². The molecule has 0 saturated heterocycles. The van der Waals surface area contributed by atoms with E-state index in [1.54, 1.807) is 30.6 Å². The second kappa shape index (κ2) is 8.06. The van der Waals surface area contributed by atoms with E-state index in [0.29, 0.717) is 17.3 Å². The fourth-order valence-electron chi connectivity index (χ4n) is 2.91. The molecule has 4 nitrogen and oxygen atoms in total. The molecule has 1 aromatic heterocycles. The Morgan fingerprint density at radius 1 is 1.19 bits per heavy atom. The van der Waals surface area contributed by atoms with Crippen LogP contribution in [0.15, 0.2) is 60.9 Å². The van der Waals surface area contributed by atoms with E-state index in [4.69, 9.17) is 0 Å². The van der Waals surface area contributed by atoms with Crippen molar-refractivity contribution < 1.29 is 9.18 Å². The molecule has 0 aliphatic rings. The molecule has 3 aromatic rings. The van der Waals surface area contributed by atoms with E-state index in [-0.39, 0.29) is 17.5 Å². The molecule has 0 radical (unpaired) electrons. The Hall–Kier alpha value is -2.79. The quantitative estimate of drug-likeness (QED) is 0.729. The minimum atomic E-state index is -0.436. The van der Waals surface area contributed by atoms with Crippen LogP contribution in [0.2, 0.25) is 0 Å². The van der Waals surface area contributed by atoms with Crippen molar-refractivity contribution in [3.05, 3.63) is 72.3 Å². The fourth-order valence-corrected chi connectivity index (χ4v) is 2.91. The highest BCUT2D eigenvalue weighted by Gasteiger charge is 2.23. The van der Waals surface area contributed by atoms with Gasteiger partial charge in [-0.2, -0.15) is 0 Å². The highest BCUT2D eigenvalue weighted by atomic mass is 19.1. The topological polar surface area (TPSA) is 45.2 Å². The maximum atomic E-state index is 14.8. The molecule has 1 amide bonds. The molecule has 1 heterocycles. The lowest BCUT2D eigenvalue weighted by atomic mass is 9.97. The van der Waals surface area contributed by atoms with Crippen LogP contribution in [0.1, 0.15) is 18.4 Å². The first kappa shape index (κ1) is 18.0. The smallest absolute Gasteiger partial charge is 0.233 e. The number of halogens is 1. The Labute approximate surface area is 152 Å². The summed E-state index contributed by atoms with van der Waals surface area (Å²) in [5.41, 5.74) is 1.10. The molecular formula is C21H22FN3O. The predicted molar refractivity (Wildman–Crippen MR) is 103 cm³/mol. The molecule has 0 unspecified atom stereocenters. The van der Waals surface area contributed by atoms with E-state index in [9.17, 15) is 9.18 Å². The van der Waals surface area contributed by atoms with Gasteiger partial charge in [0.2, 0.25) is 5.91 Å². The van der Waals surface area contributed by atoms with Crippen molar-refractivity contribution in [1.29, 1.82) is 0 Å². The third-order valence-electron chi connectivity index (χ3n) is 4.56. The van der Waals surface area contributed by atoms with Crippen LogP contribution >= 0.6 is 0 Å². The van der Waals surface area contributed by atoms with Crippen molar-refractivity contribution in [2.75, 3.05) is 25.5 Å². The molecule has 0 fully saturated rings. The van der Waals surface area contributed by atoms with E-state index in [2.05, 4.69) is 15.2 Å². The predicted octanol–water partition coefficient (Wildman–Crippen LogP) is 4.05. The van der Waals surface area contributed by atoms with Gasteiger partial charge in [-0.3, -0.25) is 9.78 Å². The lowest BCUT2D eigenvalue weighted by Gasteiger charge is -2.23. The molecule has 2 aromatic carbocycles. The Balaban J connectivity index is 1.89. The molecule has 0 spiro atoms. The number of benzene rings is 2. The number of hydrogen-bond acceptors (Lipinski definition) is 3. The van der Waals surface area contributed by atoms with Gasteiger partial charge < -0.3 is 10.2 Å². The fraction of sp³-hybridized carbons (Fsp3) is 0.238. The maximum Gasteiger partial charge on any atom is 0.233 e. The first-order chi connectivity index (χ1) is 12.6. The second-order valence-electron chi connectivity index (χ2n) is 6.33. The van der Waals surface area contributed by atoms with Crippen molar-refractivity contribution in [3.63, 3.8) is 0 Å². The number of aromatic nitrogens is 1. The summed E-state index contributed by atoms with van der Waals surface area (Å²) >= 11 is 0. The molecule has 0 aliphatic carbocycles. The summed E-state index contributed by atoms with van der Waals surface area (Å²) in [5.74, 6) is -1.04. The summed E-state index contributed by atoms with van der Waals surface area (Å²) in [6.45, 7) is 3.43. The third-order valence-corrected chi connectivity index (χ3v) is 4.56. The normalized spacial score (nSPS) is 12.3. The summed E-state index contributed by atoms with van der Waals surface area (Å²) in [4.78, 5) is 19.0. The summed E-state index contributed by atoms with van der Waals surface area (Å²) in [5, 5.41) is 3.92. The molecule has 5 heteroatoms. The summed E-state index contributed by atoms with van der Waals surface area (Å²) in [6.07, 6.45) is 3.15. The van der Waals surface area contributed by atoms with Gasteiger partial charge in [0, 0.05) is 29.7 Å². The lowest BCUT2D eigenvalue weighted by Crippen LogP contribution is -2.32. The molecule has 3 rings (SSSR count). The van der Waals surface area contributed by atoms with Crippen LogP contribution in [0.25, 0.3) is 10.8 Å². The van der Waals surface area contributed by atoms with Gasteiger partial charge in [0.1, 0.15) is 0 Å². The van der Waals surface area contributed by atoms with Gasteiger partial charge in [-0.15, -0.1) is 0 Å². The van der Waals surface area contributed by atoms with Crippen LogP contribution < -0.4 is 5.32 Å².